The van der Waals surface area contributed by atoms with Crippen molar-refractivity contribution in [2.45, 2.75) is 52.0 Å². The summed E-state index contributed by atoms with van der Waals surface area (Å²) in [4.78, 5) is 25.5. The summed E-state index contributed by atoms with van der Waals surface area (Å²) in [6.45, 7) is 2.79. The molecule has 0 aliphatic carbocycles. The van der Waals surface area contributed by atoms with Gasteiger partial charge >= 0.3 is 5.97 Å². The number of carbonyl (C=O) groups excluding carboxylic acids is 1. The molecule has 2 N–H and O–H groups in total. The molecule has 0 saturated heterocycles. The highest BCUT2D eigenvalue weighted by molar-refractivity contribution is 5.89. The molecule has 0 fully saturated rings. The van der Waals surface area contributed by atoms with Crippen LogP contribution >= 0.6 is 0 Å². The number of carboxylic acid groups (broad SMARTS) is 1. The van der Waals surface area contributed by atoms with E-state index in [9.17, 15) is 9.59 Å². The minimum Gasteiger partial charge on any atom is -0.478 e. The van der Waals surface area contributed by atoms with Crippen LogP contribution in [-0.2, 0) is 11.3 Å². The summed E-state index contributed by atoms with van der Waals surface area (Å²) in [6, 6.07) is 23.0. The van der Waals surface area contributed by atoms with Gasteiger partial charge in [-0.3, -0.25) is 4.79 Å². The molecule has 0 unspecified atom stereocenters. The van der Waals surface area contributed by atoms with Crippen molar-refractivity contribution in [3.63, 3.8) is 0 Å². The maximum atomic E-state index is 12.5. The minimum absolute atomic E-state index is 0.198. The van der Waals surface area contributed by atoms with E-state index in [1.54, 1.807) is 18.2 Å². The lowest BCUT2D eigenvalue weighted by Gasteiger charge is -2.18. The number of hydrogen-bond acceptors (Lipinski definition) is 3. The smallest absolute Gasteiger partial charge is 0.335 e. The molecule has 1 amide bonds. The zero-order chi connectivity index (χ0) is 24.3. The highest BCUT2D eigenvalue weighted by Gasteiger charge is 2.10. The Morgan fingerprint density at radius 2 is 1.56 bits per heavy atom. The molecule has 0 aliphatic rings. The fourth-order valence-electron chi connectivity index (χ4n) is 3.92. The van der Waals surface area contributed by atoms with E-state index in [0.717, 1.165) is 40.9 Å². The molecule has 0 aliphatic heterocycles. The van der Waals surface area contributed by atoms with Crippen molar-refractivity contribution in [2.24, 2.45) is 0 Å². The predicted molar refractivity (Wildman–Crippen MR) is 138 cm³/mol. The Kier molecular flexibility index (Phi) is 9.27. The van der Waals surface area contributed by atoms with Gasteiger partial charge in [-0.15, -0.1) is 0 Å². The first-order valence-electron chi connectivity index (χ1n) is 12.0. The molecule has 0 radical (unpaired) electrons. The summed E-state index contributed by atoms with van der Waals surface area (Å²) in [5.41, 5.74) is 5.14. The number of nitrogens with zero attached hydrogens (tertiary/aromatic N) is 1. The Morgan fingerprint density at radius 3 is 2.29 bits per heavy atom. The van der Waals surface area contributed by atoms with E-state index in [2.05, 4.69) is 30.4 Å². The first-order valence-corrected chi connectivity index (χ1v) is 12.0. The molecule has 5 heteroatoms. The number of nitrogens with one attached hydrogen (secondary N) is 1. The molecule has 5 nitrogen and oxygen atoms in total. The van der Waals surface area contributed by atoms with Crippen molar-refractivity contribution < 1.29 is 14.7 Å². The standard InChI is InChI=1S/C29H34N2O3/c1-3-4-5-6-7-14-28(32)31(2)21-22-10-8-11-24(19-22)23-15-17-26(18-16-23)30-27-13-9-12-25(20-27)29(33)34/h8-13,15-20,30H,3-7,14,21H2,1-2H3,(H,33,34). The lowest BCUT2D eigenvalue weighted by Crippen LogP contribution is -2.25. The van der Waals surface area contributed by atoms with Gasteiger partial charge in [-0.2, -0.15) is 0 Å². The molecular weight excluding hydrogens is 424 g/mol. The predicted octanol–water partition coefficient (Wildman–Crippen LogP) is 7.11. The van der Waals surface area contributed by atoms with Crippen LogP contribution in [0.1, 0.15) is 61.4 Å². The van der Waals surface area contributed by atoms with Crippen LogP contribution in [-0.4, -0.2) is 28.9 Å². The number of rotatable bonds is 12. The van der Waals surface area contributed by atoms with E-state index in [0.29, 0.717) is 13.0 Å². The maximum absolute atomic E-state index is 12.5. The number of amides is 1. The van der Waals surface area contributed by atoms with E-state index >= 15 is 0 Å². The van der Waals surface area contributed by atoms with Crippen molar-refractivity contribution >= 4 is 23.3 Å². The third kappa shape index (κ3) is 7.48. The number of hydrogen-bond donors (Lipinski definition) is 2. The number of aromatic carboxylic acids is 1. The second-order valence-electron chi connectivity index (χ2n) is 8.70. The van der Waals surface area contributed by atoms with Gasteiger partial charge in [0.05, 0.1) is 5.56 Å². The average Bonchev–Trinajstić information content (AvgIpc) is 2.84. The van der Waals surface area contributed by atoms with E-state index in [1.165, 1.54) is 19.3 Å². The second-order valence-corrected chi connectivity index (χ2v) is 8.70. The van der Waals surface area contributed by atoms with E-state index in [4.69, 9.17) is 5.11 Å². The highest BCUT2D eigenvalue weighted by Crippen LogP contribution is 2.25. The van der Waals surface area contributed by atoms with Gasteiger partial charge < -0.3 is 15.3 Å². The SMILES string of the molecule is CCCCCCCC(=O)N(C)Cc1cccc(-c2ccc(Nc3cccc(C(=O)O)c3)cc2)c1. The number of carboxylic acids is 1. The fraction of sp³-hybridized carbons (Fsp3) is 0.310. The summed E-state index contributed by atoms with van der Waals surface area (Å²) in [5.74, 6) is -0.748. The van der Waals surface area contributed by atoms with Crippen LogP contribution < -0.4 is 5.32 Å². The van der Waals surface area contributed by atoms with E-state index in [-0.39, 0.29) is 11.5 Å². The summed E-state index contributed by atoms with van der Waals surface area (Å²) >= 11 is 0. The first-order chi connectivity index (χ1) is 16.5. The number of unbranched alkanes of at least 4 members (excludes halogenated alkanes) is 4. The maximum Gasteiger partial charge on any atom is 0.335 e. The summed E-state index contributed by atoms with van der Waals surface area (Å²) < 4.78 is 0. The topological polar surface area (TPSA) is 69.6 Å². The molecular formula is C29H34N2O3. The van der Waals surface area contributed by atoms with Crippen LogP contribution in [0.15, 0.2) is 72.8 Å². The molecule has 0 atom stereocenters. The highest BCUT2D eigenvalue weighted by atomic mass is 16.4. The Morgan fingerprint density at radius 1 is 0.824 bits per heavy atom. The van der Waals surface area contributed by atoms with E-state index in [1.807, 2.05) is 48.3 Å². The number of carbonyl (C=O) groups is 2. The van der Waals surface area contributed by atoms with Gasteiger partial charge in [0.2, 0.25) is 5.91 Å². The molecule has 0 aromatic heterocycles. The van der Waals surface area contributed by atoms with Crippen molar-refractivity contribution in [2.75, 3.05) is 12.4 Å². The minimum atomic E-state index is -0.946. The van der Waals surface area contributed by atoms with Crippen molar-refractivity contribution in [3.05, 3.63) is 83.9 Å². The van der Waals surface area contributed by atoms with Crippen molar-refractivity contribution in [1.82, 2.24) is 4.90 Å². The molecule has 178 valence electrons. The molecule has 34 heavy (non-hydrogen) atoms. The third-order valence-corrected chi connectivity index (χ3v) is 5.88. The van der Waals surface area contributed by atoms with Crippen LogP contribution in [0.5, 0.6) is 0 Å². The van der Waals surface area contributed by atoms with Crippen LogP contribution in [0.3, 0.4) is 0 Å². The van der Waals surface area contributed by atoms with Gasteiger partial charge in [0.25, 0.3) is 0 Å². The van der Waals surface area contributed by atoms with Gasteiger partial charge in [-0.25, -0.2) is 4.79 Å². The first kappa shape index (κ1) is 25.0. The lowest BCUT2D eigenvalue weighted by molar-refractivity contribution is -0.130. The average molecular weight is 459 g/mol. The molecule has 3 aromatic rings. The largest absolute Gasteiger partial charge is 0.478 e. The van der Waals surface area contributed by atoms with Gasteiger partial charge in [0.1, 0.15) is 0 Å². The summed E-state index contributed by atoms with van der Waals surface area (Å²) in [5, 5.41) is 12.4. The van der Waals surface area contributed by atoms with Gasteiger partial charge in [0, 0.05) is 31.4 Å². The van der Waals surface area contributed by atoms with Crippen molar-refractivity contribution in [1.29, 1.82) is 0 Å². The Labute approximate surface area is 202 Å². The van der Waals surface area contributed by atoms with Gasteiger partial charge in [-0.1, -0.05) is 69.0 Å². The third-order valence-electron chi connectivity index (χ3n) is 5.88. The zero-order valence-electron chi connectivity index (χ0n) is 20.1. The molecule has 0 saturated carbocycles. The number of benzene rings is 3. The Balaban J connectivity index is 1.59. The van der Waals surface area contributed by atoms with E-state index < -0.39 is 5.97 Å². The summed E-state index contributed by atoms with van der Waals surface area (Å²) in [6.07, 6.45) is 6.36. The van der Waals surface area contributed by atoms with Crippen LogP contribution in [0.2, 0.25) is 0 Å². The Bertz CT molecular complexity index is 1090. The summed E-state index contributed by atoms with van der Waals surface area (Å²) in [7, 11) is 1.88. The lowest BCUT2D eigenvalue weighted by atomic mass is 10.0. The van der Waals surface area contributed by atoms with Crippen LogP contribution in [0.25, 0.3) is 11.1 Å². The zero-order valence-corrected chi connectivity index (χ0v) is 20.1. The quantitative estimate of drug-likeness (QED) is 0.284. The molecule has 0 bridgehead atoms. The Hall–Kier alpha value is -3.60. The fourth-order valence-corrected chi connectivity index (χ4v) is 3.92. The second kappa shape index (κ2) is 12.6. The normalized spacial score (nSPS) is 10.6. The monoisotopic (exact) mass is 458 g/mol. The number of anilines is 2. The molecule has 0 spiro atoms. The van der Waals surface area contributed by atoms with Gasteiger partial charge in [-0.05, 0) is 59.5 Å². The molecule has 0 heterocycles. The molecule has 3 rings (SSSR count). The van der Waals surface area contributed by atoms with Crippen LogP contribution in [0.4, 0.5) is 11.4 Å². The molecule has 3 aromatic carbocycles. The van der Waals surface area contributed by atoms with Gasteiger partial charge in [0.15, 0.2) is 0 Å². The van der Waals surface area contributed by atoms with Crippen molar-refractivity contribution in [3.8, 4) is 11.1 Å². The van der Waals surface area contributed by atoms with Crippen LogP contribution in [0, 0.1) is 0 Å².